The summed E-state index contributed by atoms with van der Waals surface area (Å²) >= 11 is 0. The van der Waals surface area contributed by atoms with Gasteiger partial charge in [0.15, 0.2) is 5.78 Å². The molecule has 1 aromatic carbocycles. The molecule has 1 heterocycles. The summed E-state index contributed by atoms with van der Waals surface area (Å²) in [7, 11) is 1.49. The highest BCUT2D eigenvalue weighted by Crippen LogP contribution is 2.33. The molecule has 1 aliphatic carbocycles. The smallest absolute Gasteiger partial charge is 0.182 e. The lowest BCUT2D eigenvalue weighted by atomic mass is 9.77. The predicted molar refractivity (Wildman–Crippen MR) is 79.2 cm³/mol. The monoisotopic (exact) mass is 291 g/mol. The van der Waals surface area contributed by atoms with E-state index in [1.807, 2.05) is 0 Å². The van der Waals surface area contributed by atoms with E-state index in [4.69, 9.17) is 4.74 Å². The van der Waals surface area contributed by atoms with Crippen molar-refractivity contribution in [3.63, 3.8) is 0 Å². The van der Waals surface area contributed by atoms with Crippen LogP contribution in [0.1, 0.15) is 48.9 Å². The number of hydrogen-bond acceptors (Lipinski definition) is 3. The van der Waals surface area contributed by atoms with Gasteiger partial charge in [-0.25, -0.2) is 4.39 Å². The van der Waals surface area contributed by atoms with Gasteiger partial charge in [-0.1, -0.05) is 12.8 Å². The second-order valence-electron chi connectivity index (χ2n) is 6.16. The van der Waals surface area contributed by atoms with E-state index in [1.54, 1.807) is 6.07 Å². The second kappa shape index (κ2) is 6.14. The molecular weight excluding hydrogens is 269 g/mol. The van der Waals surface area contributed by atoms with E-state index in [-0.39, 0.29) is 17.4 Å². The lowest BCUT2D eigenvalue weighted by Gasteiger charge is -2.40. The maximum Gasteiger partial charge on any atom is 0.182 e. The zero-order valence-electron chi connectivity index (χ0n) is 12.4. The Labute approximate surface area is 124 Å². The molecule has 3 atom stereocenters. The average molecular weight is 291 g/mol. The molecule has 0 radical (unpaired) electrons. The highest BCUT2D eigenvalue weighted by molar-refractivity contribution is 6.00. The van der Waals surface area contributed by atoms with Gasteiger partial charge in [-0.15, -0.1) is 0 Å². The fourth-order valence-electron chi connectivity index (χ4n) is 3.71. The number of halogens is 1. The number of fused-ring (bicyclic) bond motifs is 1. The summed E-state index contributed by atoms with van der Waals surface area (Å²) in [6.07, 6.45) is 6.81. The van der Waals surface area contributed by atoms with Gasteiger partial charge in [0.1, 0.15) is 11.6 Å². The van der Waals surface area contributed by atoms with Crippen LogP contribution in [0.5, 0.6) is 5.75 Å². The third kappa shape index (κ3) is 2.95. The summed E-state index contributed by atoms with van der Waals surface area (Å²) in [5.74, 6) is 0.516. The minimum Gasteiger partial charge on any atom is -0.497 e. The number of rotatable bonds is 3. The molecule has 1 N–H and O–H groups in total. The van der Waals surface area contributed by atoms with Crippen molar-refractivity contribution in [3.05, 3.63) is 29.6 Å². The molecule has 0 aromatic heterocycles. The topological polar surface area (TPSA) is 38.3 Å². The van der Waals surface area contributed by atoms with Gasteiger partial charge in [-0.05, 0) is 43.7 Å². The van der Waals surface area contributed by atoms with Gasteiger partial charge >= 0.3 is 0 Å². The molecule has 1 saturated carbocycles. The van der Waals surface area contributed by atoms with Gasteiger partial charge in [0.05, 0.1) is 18.7 Å². The van der Waals surface area contributed by atoms with Gasteiger partial charge in [0.2, 0.25) is 0 Å². The Kier molecular flexibility index (Phi) is 4.24. The summed E-state index contributed by atoms with van der Waals surface area (Å²) in [4.78, 5) is 12.6. The molecule has 3 unspecified atom stereocenters. The molecule has 4 heteroatoms. The van der Waals surface area contributed by atoms with E-state index in [2.05, 4.69) is 5.32 Å². The third-order valence-corrected chi connectivity index (χ3v) is 4.91. The zero-order valence-corrected chi connectivity index (χ0v) is 12.4. The minimum atomic E-state index is -0.494. The number of carbonyl (C=O) groups excluding carboxylic acids is 1. The Morgan fingerprint density at radius 1 is 1.24 bits per heavy atom. The molecule has 0 bridgehead atoms. The first-order valence-electron chi connectivity index (χ1n) is 7.83. The second-order valence-corrected chi connectivity index (χ2v) is 6.16. The van der Waals surface area contributed by atoms with Crippen LogP contribution in [0.25, 0.3) is 0 Å². The average Bonchev–Trinajstić information content (AvgIpc) is 2.53. The van der Waals surface area contributed by atoms with E-state index < -0.39 is 5.82 Å². The van der Waals surface area contributed by atoms with Gasteiger partial charge < -0.3 is 10.1 Å². The molecule has 2 fully saturated rings. The van der Waals surface area contributed by atoms with Crippen LogP contribution >= 0.6 is 0 Å². The number of nitrogens with one attached hydrogen (secondary N) is 1. The van der Waals surface area contributed by atoms with Crippen molar-refractivity contribution in [3.8, 4) is 5.75 Å². The summed E-state index contributed by atoms with van der Waals surface area (Å²) in [5, 5.41) is 3.46. The molecule has 1 aliphatic heterocycles. The number of Topliss-reactive ketones (excluding diaryl/α,β-unsaturated/α-hetero) is 1. The van der Waals surface area contributed by atoms with E-state index in [9.17, 15) is 9.18 Å². The van der Waals surface area contributed by atoms with Crippen LogP contribution in [0.2, 0.25) is 0 Å². The summed E-state index contributed by atoms with van der Waals surface area (Å²) < 4.78 is 19.0. The maximum absolute atomic E-state index is 14.0. The van der Waals surface area contributed by atoms with Crippen LogP contribution in [0.3, 0.4) is 0 Å². The number of piperidine rings is 1. The molecule has 114 valence electrons. The normalized spacial score (nSPS) is 28.8. The molecule has 21 heavy (non-hydrogen) atoms. The minimum absolute atomic E-state index is 0.126. The van der Waals surface area contributed by atoms with Crippen LogP contribution in [-0.2, 0) is 0 Å². The maximum atomic E-state index is 14.0. The Hall–Kier alpha value is -1.42. The lowest BCUT2D eigenvalue weighted by molar-refractivity contribution is 0.0857. The van der Waals surface area contributed by atoms with Crippen molar-refractivity contribution in [2.45, 2.75) is 50.6 Å². The molecule has 0 spiro atoms. The van der Waals surface area contributed by atoms with E-state index in [0.717, 1.165) is 19.3 Å². The molecular formula is C17H22FNO2. The van der Waals surface area contributed by atoms with Crippen molar-refractivity contribution in [1.29, 1.82) is 0 Å². The van der Waals surface area contributed by atoms with Crippen LogP contribution < -0.4 is 10.1 Å². The molecule has 1 saturated heterocycles. The number of benzene rings is 1. The largest absolute Gasteiger partial charge is 0.497 e. The first-order valence-corrected chi connectivity index (χ1v) is 7.83. The van der Waals surface area contributed by atoms with Crippen molar-refractivity contribution in [1.82, 2.24) is 5.32 Å². The number of methoxy groups -OCH3 is 1. The molecule has 1 aromatic rings. The molecule has 3 rings (SSSR count). The quantitative estimate of drug-likeness (QED) is 0.868. The Morgan fingerprint density at radius 2 is 2.05 bits per heavy atom. The van der Waals surface area contributed by atoms with Gasteiger partial charge in [-0.2, -0.15) is 0 Å². The lowest BCUT2D eigenvalue weighted by Crippen LogP contribution is -2.52. The van der Waals surface area contributed by atoms with E-state index in [0.29, 0.717) is 17.7 Å². The van der Waals surface area contributed by atoms with E-state index >= 15 is 0 Å². The fraction of sp³-hybridized carbons (Fsp3) is 0.588. The summed E-state index contributed by atoms with van der Waals surface area (Å²) in [6.45, 7) is 0. The third-order valence-electron chi connectivity index (χ3n) is 4.91. The van der Waals surface area contributed by atoms with Crippen molar-refractivity contribution < 1.29 is 13.9 Å². The van der Waals surface area contributed by atoms with Crippen molar-refractivity contribution in [2.24, 2.45) is 5.92 Å². The van der Waals surface area contributed by atoms with Crippen LogP contribution in [0, 0.1) is 11.7 Å². The molecule has 3 nitrogen and oxygen atoms in total. The van der Waals surface area contributed by atoms with E-state index in [1.165, 1.54) is 38.5 Å². The first-order chi connectivity index (χ1) is 10.2. The van der Waals surface area contributed by atoms with Crippen molar-refractivity contribution >= 4 is 5.78 Å². The first kappa shape index (κ1) is 14.5. The molecule has 0 amide bonds. The Bertz CT molecular complexity index is 532. The number of ketones is 1. The SMILES string of the molecule is COc1ccc(C(=O)C2CCC3CCCCC3N2)c(F)c1. The zero-order chi connectivity index (χ0) is 14.8. The Morgan fingerprint density at radius 3 is 2.81 bits per heavy atom. The molecule has 2 aliphatic rings. The van der Waals surface area contributed by atoms with Crippen LogP contribution in [0.4, 0.5) is 4.39 Å². The Balaban J connectivity index is 1.73. The number of ether oxygens (including phenoxy) is 1. The highest BCUT2D eigenvalue weighted by atomic mass is 19.1. The van der Waals surface area contributed by atoms with Crippen LogP contribution in [0.15, 0.2) is 18.2 Å². The van der Waals surface area contributed by atoms with Gasteiger partial charge in [0.25, 0.3) is 0 Å². The number of hydrogen-bond donors (Lipinski definition) is 1. The predicted octanol–water partition coefficient (Wildman–Crippen LogP) is 3.33. The fourth-order valence-corrected chi connectivity index (χ4v) is 3.71. The standard InChI is InChI=1S/C17H22FNO2/c1-21-12-7-8-13(14(18)10-12)17(20)16-9-6-11-4-2-3-5-15(11)19-16/h7-8,10-11,15-16,19H,2-6,9H2,1H3. The van der Waals surface area contributed by atoms with Gasteiger partial charge in [-0.3, -0.25) is 4.79 Å². The van der Waals surface area contributed by atoms with Crippen LogP contribution in [-0.4, -0.2) is 25.0 Å². The summed E-state index contributed by atoms with van der Waals surface area (Å²) in [5.41, 5.74) is 0.169. The number of carbonyl (C=O) groups is 1. The van der Waals surface area contributed by atoms with Gasteiger partial charge in [0, 0.05) is 12.1 Å². The van der Waals surface area contributed by atoms with Crippen molar-refractivity contribution in [2.75, 3.05) is 7.11 Å². The summed E-state index contributed by atoms with van der Waals surface area (Å²) in [6, 6.07) is 4.64. The highest BCUT2D eigenvalue weighted by Gasteiger charge is 2.35.